The molecule has 0 fully saturated rings. The van der Waals surface area contributed by atoms with Crippen molar-refractivity contribution in [1.29, 1.82) is 0 Å². The van der Waals surface area contributed by atoms with E-state index in [-0.39, 0.29) is 285 Å². The standard InChI is InChI=1S/C41H64N4O21.9Na/c1-42-38(14-2-26(46)43-39(17-5-29(49)50,18-6-30(51)52)19-7-31(53)54,15-3-27(47)44-40(20-8-32(55)56,21-9-33(57)58)22-10-34(59)60)16-4-28(48)45-41(23-11-35(61)62,24-12-36(63)64)25-13-37(65)66;;;;;;;;;/h42H,2-25H2,1H3,(H,43,46)(H,44,47)(H,45,48)(H,49,50)(H,51,52)(H,53,54)(H,55,56)(H,57,58)(H,59,60)(H,61,62)(H,63,64)(H,65,66);;;;;;;;;/q;9*+1/p-9. The number of hydrogen-bond donors (Lipinski definition) is 4. The van der Waals surface area contributed by atoms with Crippen molar-refractivity contribution in [1.82, 2.24) is 21.3 Å². The Morgan fingerprint density at radius 1 is 0.240 bits per heavy atom. The maximum absolute atomic E-state index is 13.7. The molecule has 25 nitrogen and oxygen atoms in total. The van der Waals surface area contributed by atoms with E-state index >= 15 is 0 Å². The molecule has 0 saturated heterocycles. The van der Waals surface area contributed by atoms with Gasteiger partial charge in [0.2, 0.25) is 17.7 Å². The SMILES string of the molecule is CNC(CCC(=O)NC(CCC(=O)[O-])(CCC(=O)[O-])CCC(=O)[O-])(CCC(=O)NC(CCC(=O)[O-])(CCC(=O)[O-])CCC(=O)[O-])CCC(=O)NC(CCC(=O)[O-])(CCC(=O)[O-])CCC(=O)[O-].[Na+].[Na+].[Na+].[Na+].[Na+].[Na+].[Na+].[Na+].[Na+]. The molecule has 75 heavy (non-hydrogen) atoms. The van der Waals surface area contributed by atoms with Gasteiger partial charge < -0.3 is 110 Å². The zero-order valence-corrected chi connectivity index (χ0v) is 63.5. The van der Waals surface area contributed by atoms with Gasteiger partial charge in [-0.1, -0.05) is 0 Å². The Bertz CT molecular complexity index is 1460. The first-order valence-corrected chi connectivity index (χ1v) is 21.0. The summed E-state index contributed by atoms with van der Waals surface area (Å²) in [4.78, 5) is 144. The van der Waals surface area contributed by atoms with Crippen molar-refractivity contribution in [2.45, 2.75) is 176 Å². The normalized spacial score (nSPS) is 10.4. The van der Waals surface area contributed by atoms with Crippen molar-refractivity contribution < 1.29 is 370 Å². The minimum absolute atomic E-state index is 0. The molecule has 0 saturated carbocycles. The monoisotopic (exact) mass is 1150 g/mol. The van der Waals surface area contributed by atoms with E-state index in [9.17, 15) is 103 Å². The number of aliphatic carboxylic acids is 9. The number of carbonyl (C=O) groups excluding carboxylic acids is 12. The van der Waals surface area contributed by atoms with E-state index in [1.54, 1.807) is 0 Å². The quantitative estimate of drug-likeness (QED) is 0.0414. The first kappa shape index (κ1) is 99.6. The second-order valence-electron chi connectivity index (χ2n) is 16.4. The summed E-state index contributed by atoms with van der Waals surface area (Å²) in [5.41, 5.74) is -6.80. The van der Waals surface area contributed by atoms with Gasteiger partial charge in [-0.3, -0.25) is 14.4 Å². The van der Waals surface area contributed by atoms with Gasteiger partial charge in [-0.25, -0.2) is 0 Å². The molecule has 0 aliphatic carbocycles. The van der Waals surface area contributed by atoms with Gasteiger partial charge in [0.15, 0.2) is 0 Å². The maximum Gasteiger partial charge on any atom is 1.00 e. The number of carboxylic acid groups (broad SMARTS) is 9. The van der Waals surface area contributed by atoms with Crippen LogP contribution in [-0.4, -0.2) is 101 Å². The summed E-state index contributed by atoms with van der Waals surface area (Å²) in [6, 6.07) is 0. The molecule has 0 rings (SSSR count). The van der Waals surface area contributed by atoms with Crippen LogP contribution in [0.5, 0.6) is 0 Å². The van der Waals surface area contributed by atoms with Gasteiger partial charge in [-0.05, 0) is 142 Å². The number of hydrogen-bond acceptors (Lipinski definition) is 22. The van der Waals surface area contributed by atoms with Crippen molar-refractivity contribution in [3.05, 3.63) is 0 Å². The minimum Gasteiger partial charge on any atom is -0.550 e. The fraction of sp³-hybridized carbons (Fsp3) is 0.707. The molecular formula is C41H55N4Na9O21. The molecule has 0 aromatic rings. The van der Waals surface area contributed by atoms with Crippen LogP contribution in [0.2, 0.25) is 0 Å². The van der Waals surface area contributed by atoms with Gasteiger partial charge in [0.1, 0.15) is 0 Å². The minimum atomic E-state index is -1.77. The molecule has 0 atom stereocenters. The Labute approximate surface area is 634 Å². The molecular weight excluding hydrogens is 1090 g/mol. The van der Waals surface area contributed by atoms with Crippen molar-refractivity contribution in [2.24, 2.45) is 0 Å². The first-order valence-electron chi connectivity index (χ1n) is 21.0. The van der Waals surface area contributed by atoms with Gasteiger partial charge in [0.25, 0.3) is 0 Å². The van der Waals surface area contributed by atoms with Crippen LogP contribution in [-0.2, 0) is 57.5 Å². The van der Waals surface area contributed by atoms with Gasteiger partial charge >= 0.3 is 266 Å². The average molecular weight is 1150 g/mol. The second-order valence-corrected chi connectivity index (χ2v) is 16.4. The van der Waals surface area contributed by atoms with Gasteiger partial charge in [-0.15, -0.1) is 0 Å². The predicted octanol–water partition coefficient (Wildman–Crippen LogP) is -37.3. The fourth-order valence-corrected chi connectivity index (χ4v) is 7.64. The van der Waals surface area contributed by atoms with Crippen LogP contribution in [0.3, 0.4) is 0 Å². The van der Waals surface area contributed by atoms with E-state index in [0.29, 0.717) is 0 Å². The third-order valence-corrected chi connectivity index (χ3v) is 11.5. The molecule has 0 aliphatic heterocycles. The van der Waals surface area contributed by atoms with Crippen molar-refractivity contribution in [3.63, 3.8) is 0 Å². The summed E-state index contributed by atoms with van der Waals surface area (Å²) in [5, 5.41) is 113. The fourth-order valence-electron chi connectivity index (χ4n) is 7.64. The van der Waals surface area contributed by atoms with E-state index in [1.807, 2.05) is 0 Å². The van der Waals surface area contributed by atoms with E-state index in [1.165, 1.54) is 7.05 Å². The zero-order chi connectivity index (χ0) is 50.7. The third kappa shape index (κ3) is 49.7. The van der Waals surface area contributed by atoms with E-state index in [4.69, 9.17) is 0 Å². The van der Waals surface area contributed by atoms with Crippen LogP contribution >= 0.6 is 0 Å². The third-order valence-electron chi connectivity index (χ3n) is 11.5. The Morgan fingerprint density at radius 3 is 0.467 bits per heavy atom. The molecule has 0 spiro atoms. The van der Waals surface area contributed by atoms with Crippen LogP contribution < -0.4 is 333 Å². The summed E-state index contributed by atoms with van der Waals surface area (Å²) in [5.74, 6) is -17.3. The van der Waals surface area contributed by atoms with Crippen molar-refractivity contribution in [2.75, 3.05) is 7.05 Å². The summed E-state index contributed by atoms with van der Waals surface area (Å²) < 4.78 is 0. The summed E-state index contributed by atoms with van der Waals surface area (Å²) in [6.45, 7) is 0. The second kappa shape index (κ2) is 53.3. The first-order chi connectivity index (χ1) is 30.6. The van der Waals surface area contributed by atoms with Crippen LogP contribution in [0.1, 0.15) is 154 Å². The Kier molecular flexibility index (Phi) is 70.9. The van der Waals surface area contributed by atoms with Crippen LogP contribution in [0, 0.1) is 0 Å². The van der Waals surface area contributed by atoms with Gasteiger partial charge in [0, 0.05) is 95.1 Å². The molecule has 4 N–H and O–H groups in total. The van der Waals surface area contributed by atoms with Crippen LogP contribution in [0.4, 0.5) is 0 Å². The van der Waals surface area contributed by atoms with Gasteiger partial charge in [-0.2, -0.15) is 0 Å². The summed E-state index contributed by atoms with van der Waals surface area (Å²) in [6.07, 6.45) is -13.9. The molecule has 34 heteroatoms. The summed E-state index contributed by atoms with van der Waals surface area (Å²) >= 11 is 0. The number of amides is 3. The zero-order valence-electron chi connectivity index (χ0n) is 45.5. The average Bonchev–Trinajstić information content (AvgIpc) is 3.22. The topological polar surface area (TPSA) is 460 Å². The number of rotatable bonds is 40. The Morgan fingerprint density at radius 2 is 0.360 bits per heavy atom. The molecule has 0 radical (unpaired) electrons. The summed E-state index contributed by atoms with van der Waals surface area (Å²) in [7, 11) is 1.34. The van der Waals surface area contributed by atoms with E-state index in [0.717, 1.165) is 0 Å². The van der Waals surface area contributed by atoms with Crippen LogP contribution in [0.25, 0.3) is 0 Å². The van der Waals surface area contributed by atoms with E-state index < -0.39 is 228 Å². The van der Waals surface area contributed by atoms with Crippen molar-refractivity contribution >= 4 is 71.4 Å². The predicted molar refractivity (Wildman–Crippen MR) is 200 cm³/mol. The molecule has 0 heterocycles. The Balaban J connectivity index is -0.000000587. The van der Waals surface area contributed by atoms with Gasteiger partial charge in [0.05, 0.1) is 0 Å². The molecule has 0 aromatic heterocycles. The molecule has 3 amide bonds. The smallest absolute Gasteiger partial charge is 0.550 e. The molecule has 374 valence electrons. The number of nitrogens with one attached hydrogen (secondary N) is 4. The molecule has 0 unspecified atom stereocenters. The van der Waals surface area contributed by atoms with Crippen LogP contribution in [0.15, 0.2) is 0 Å². The largest absolute Gasteiger partial charge is 1.00 e. The van der Waals surface area contributed by atoms with E-state index in [2.05, 4.69) is 21.3 Å². The number of carboxylic acids is 9. The maximum atomic E-state index is 13.7. The number of carbonyl (C=O) groups is 12. The molecule has 0 aromatic carbocycles. The Hall–Kier alpha value is 2.60. The molecule has 0 bridgehead atoms. The molecule has 0 aliphatic rings. The van der Waals surface area contributed by atoms with Crippen molar-refractivity contribution in [3.8, 4) is 0 Å².